The number of aryl methyl sites for hydroxylation is 1. The van der Waals surface area contributed by atoms with E-state index in [0.29, 0.717) is 5.56 Å². The fourth-order valence-corrected chi connectivity index (χ4v) is 2.22. The van der Waals surface area contributed by atoms with Gasteiger partial charge in [-0.05, 0) is 30.5 Å². The number of benzene rings is 1. The second kappa shape index (κ2) is 6.27. The molecule has 1 aromatic rings. The highest BCUT2D eigenvalue weighted by Gasteiger charge is 2.35. The Bertz CT molecular complexity index is 472. The van der Waals surface area contributed by atoms with Gasteiger partial charge in [-0.2, -0.15) is 13.2 Å². The maximum absolute atomic E-state index is 12.9. The van der Waals surface area contributed by atoms with Crippen LogP contribution in [0.2, 0.25) is 0 Å². The highest BCUT2D eigenvalue weighted by molar-refractivity contribution is 9.10. The Hall–Kier alpha value is -1.24. The van der Waals surface area contributed by atoms with Gasteiger partial charge in [0, 0.05) is 10.9 Å². The van der Waals surface area contributed by atoms with Gasteiger partial charge in [-0.25, -0.2) is 0 Å². The van der Waals surface area contributed by atoms with Crippen molar-refractivity contribution in [3.05, 3.63) is 27.7 Å². The first-order chi connectivity index (χ1) is 8.75. The van der Waals surface area contributed by atoms with Gasteiger partial charge in [0.2, 0.25) is 0 Å². The molecule has 0 atom stereocenters. The zero-order chi connectivity index (χ0) is 14.6. The second-order valence-corrected chi connectivity index (χ2v) is 4.81. The maximum atomic E-state index is 12.9. The van der Waals surface area contributed by atoms with Crippen LogP contribution in [0.1, 0.15) is 24.0 Å². The Morgan fingerprint density at radius 1 is 1.42 bits per heavy atom. The van der Waals surface area contributed by atoms with Gasteiger partial charge in [0.1, 0.15) is 5.75 Å². The van der Waals surface area contributed by atoms with E-state index in [1.807, 2.05) is 0 Å². The van der Waals surface area contributed by atoms with E-state index in [-0.39, 0.29) is 29.5 Å². The van der Waals surface area contributed by atoms with Gasteiger partial charge < -0.3 is 9.84 Å². The van der Waals surface area contributed by atoms with E-state index in [4.69, 9.17) is 9.84 Å². The number of carboxylic acids is 1. The van der Waals surface area contributed by atoms with Crippen LogP contribution < -0.4 is 4.74 Å². The molecule has 0 aliphatic heterocycles. The molecule has 0 amide bonds. The molecule has 0 fully saturated rings. The largest absolute Gasteiger partial charge is 0.496 e. The van der Waals surface area contributed by atoms with E-state index in [1.165, 1.54) is 13.2 Å². The molecule has 0 radical (unpaired) electrons. The highest BCUT2D eigenvalue weighted by atomic mass is 79.9. The Morgan fingerprint density at radius 3 is 2.53 bits per heavy atom. The summed E-state index contributed by atoms with van der Waals surface area (Å²) in [6, 6.07) is 2.45. The molecule has 3 nitrogen and oxygen atoms in total. The topological polar surface area (TPSA) is 46.5 Å². The molecule has 1 N–H and O–H groups in total. The van der Waals surface area contributed by atoms with Gasteiger partial charge >= 0.3 is 12.1 Å². The SMILES string of the molecule is COc1c(CCCC(=O)O)cc(Br)cc1C(F)(F)F. The number of hydrogen-bond acceptors (Lipinski definition) is 2. The molecular weight excluding hydrogens is 329 g/mol. The quantitative estimate of drug-likeness (QED) is 0.884. The Kier molecular flexibility index (Phi) is 5.22. The molecule has 1 rings (SSSR count). The first kappa shape index (κ1) is 15.8. The number of hydrogen-bond donors (Lipinski definition) is 1. The predicted molar refractivity (Wildman–Crippen MR) is 66.3 cm³/mol. The van der Waals surface area contributed by atoms with Crippen molar-refractivity contribution in [2.75, 3.05) is 7.11 Å². The summed E-state index contributed by atoms with van der Waals surface area (Å²) in [5, 5.41) is 8.54. The lowest BCUT2D eigenvalue weighted by Gasteiger charge is -2.16. The zero-order valence-electron chi connectivity index (χ0n) is 10.1. The van der Waals surface area contributed by atoms with Crippen LogP contribution in [-0.2, 0) is 17.4 Å². The number of alkyl halides is 3. The molecule has 0 bridgehead atoms. The smallest absolute Gasteiger partial charge is 0.420 e. The fourth-order valence-electron chi connectivity index (χ4n) is 1.72. The minimum atomic E-state index is -4.52. The van der Waals surface area contributed by atoms with Gasteiger partial charge in [-0.1, -0.05) is 15.9 Å². The number of carbonyl (C=O) groups is 1. The molecule has 0 aromatic heterocycles. The van der Waals surface area contributed by atoms with E-state index in [2.05, 4.69) is 15.9 Å². The molecule has 0 saturated heterocycles. The van der Waals surface area contributed by atoms with Crippen molar-refractivity contribution in [3.63, 3.8) is 0 Å². The number of aliphatic carboxylic acids is 1. The number of ether oxygens (including phenoxy) is 1. The molecule has 0 heterocycles. The summed E-state index contributed by atoms with van der Waals surface area (Å²) in [7, 11) is 1.17. The normalized spacial score (nSPS) is 11.4. The van der Waals surface area contributed by atoms with Gasteiger partial charge in [0.05, 0.1) is 12.7 Å². The minimum Gasteiger partial charge on any atom is -0.496 e. The van der Waals surface area contributed by atoms with Crippen LogP contribution in [0.15, 0.2) is 16.6 Å². The summed E-state index contributed by atoms with van der Waals surface area (Å²) in [6.07, 6.45) is -4.16. The van der Waals surface area contributed by atoms with Gasteiger partial charge in [0.25, 0.3) is 0 Å². The van der Waals surface area contributed by atoms with E-state index < -0.39 is 17.7 Å². The third-order valence-electron chi connectivity index (χ3n) is 2.48. The molecule has 19 heavy (non-hydrogen) atoms. The van der Waals surface area contributed by atoms with Gasteiger partial charge in [0.15, 0.2) is 0 Å². The summed E-state index contributed by atoms with van der Waals surface area (Å²) in [6.45, 7) is 0. The van der Waals surface area contributed by atoms with Crippen molar-refractivity contribution in [1.29, 1.82) is 0 Å². The Balaban J connectivity index is 3.09. The van der Waals surface area contributed by atoms with Crippen LogP contribution in [-0.4, -0.2) is 18.2 Å². The average Bonchev–Trinajstić information content (AvgIpc) is 2.26. The fraction of sp³-hybridized carbons (Fsp3) is 0.417. The molecule has 7 heteroatoms. The van der Waals surface area contributed by atoms with E-state index in [1.54, 1.807) is 0 Å². The van der Waals surface area contributed by atoms with Crippen LogP contribution >= 0.6 is 15.9 Å². The predicted octanol–water partition coefficient (Wildman–Crippen LogP) is 3.88. The van der Waals surface area contributed by atoms with Gasteiger partial charge in [-0.15, -0.1) is 0 Å². The number of rotatable bonds is 5. The maximum Gasteiger partial charge on any atom is 0.420 e. The lowest BCUT2D eigenvalue weighted by molar-refractivity contribution is -0.139. The number of halogens is 4. The summed E-state index contributed by atoms with van der Waals surface area (Å²) in [5.41, 5.74) is -0.528. The zero-order valence-corrected chi connectivity index (χ0v) is 11.6. The third kappa shape index (κ3) is 4.41. The second-order valence-electron chi connectivity index (χ2n) is 3.89. The molecule has 1 aromatic carbocycles. The third-order valence-corrected chi connectivity index (χ3v) is 2.93. The van der Waals surface area contributed by atoms with Crippen LogP contribution in [0.5, 0.6) is 5.75 Å². The Morgan fingerprint density at radius 2 is 2.05 bits per heavy atom. The van der Waals surface area contributed by atoms with E-state index in [0.717, 1.165) is 6.07 Å². The van der Waals surface area contributed by atoms with E-state index in [9.17, 15) is 18.0 Å². The van der Waals surface area contributed by atoms with Crippen molar-refractivity contribution in [3.8, 4) is 5.75 Å². The van der Waals surface area contributed by atoms with Crippen molar-refractivity contribution in [2.45, 2.75) is 25.4 Å². The lowest BCUT2D eigenvalue weighted by Crippen LogP contribution is -2.10. The number of methoxy groups -OCH3 is 1. The molecule has 0 aliphatic carbocycles. The van der Waals surface area contributed by atoms with Crippen LogP contribution in [0.4, 0.5) is 13.2 Å². The molecule has 106 valence electrons. The van der Waals surface area contributed by atoms with Gasteiger partial charge in [-0.3, -0.25) is 4.79 Å². The molecule has 0 unspecified atom stereocenters. The van der Waals surface area contributed by atoms with Crippen molar-refractivity contribution in [1.82, 2.24) is 0 Å². The summed E-state index contributed by atoms with van der Waals surface area (Å²) < 4.78 is 43.7. The van der Waals surface area contributed by atoms with E-state index >= 15 is 0 Å². The van der Waals surface area contributed by atoms with Crippen molar-refractivity contribution in [2.24, 2.45) is 0 Å². The molecule has 0 aliphatic rings. The van der Waals surface area contributed by atoms with Crippen molar-refractivity contribution >= 4 is 21.9 Å². The summed E-state index contributed by atoms with van der Waals surface area (Å²) >= 11 is 3.02. The first-order valence-electron chi connectivity index (χ1n) is 5.41. The highest BCUT2D eigenvalue weighted by Crippen LogP contribution is 2.40. The first-order valence-corrected chi connectivity index (χ1v) is 6.20. The average molecular weight is 341 g/mol. The minimum absolute atomic E-state index is 0.100. The Labute approximate surface area is 116 Å². The molecule has 0 spiro atoms. The molecule has 0 saturated carbocycles. The van der Waals surface area contributed by atoms with Crippen molar-refractivity contribution < 1.29 is 27.8 Å². The molecular formula is C12H12BrF3O3. The lowest BCUT2D eigenvalue weighted by atomic mass is 10.0. The summed E-state index contributed by atoms with van der Waals surface area (Å²) in [4.78, 5) is 10.4. The standard InChI is InChI=1S/C12H12BrF3O3/c1-19-11-7(3-2-4-10(17)18)5-8(13)6-9(11)12(14,15)16/h5-6H,2-4H2,1H3,(H,17,18). The monoisotopic (exact) mass is 340 g/mol. The number of carboxylic acid groups (broad SMARTS) is 1. The van der Waals surface area contributed by atoms with Crippen LogP contribution in [0.3, 0.4) is 0 Å². The van der Waals surface area contributed by atoms with Crippen LogP contribution in [0.25, 0.3) is 0 Å². The summed E-state index contributed by atoms with van der Waals surface area (Å²) in [5.74, 6) is -1.23. The van der Waals surface area contributed by atoms with Crippen LogP contribution in [0, 0.1) is 0 Å².